The van der Waals surface area contributed by atoms with Crippen LogP contribution >= 0.6 is 0 Å². The number of ether oxygens (including phenoxy) is 1. The average molecular weight is 311 g/mol. The topological polar surface area (TPSA) is 46.6 Å². The first-order chi connectivity index (χ1) is 9.94. The zero-order valence-corrected chi connectivity index (χ0v) is 13.8. The van der Waals surface area contributed by atoms with E-state index in [1.807, 2.05) is 13.0 Å². The fourth-order valence-electron chi connectivity index (χ4n) is 3.14. The van der Waals surface area contributed by atoms with Crippen LogP contribution in [0.5, 0.6) is 0 Å². The fourth-order valence-corrected chi connectivity index (χ4v) is 4.96. The Kier molecular flexibility index (Phi) is 5.41. The van der Waals surface area contributed by atoms with Crippen LogP contribution in [0.3, 0.4) is 0 Å². The van der Waals surface area contributed by atoms with Gasteiger partial charge in [-0.1, -0.05) is 32.0 Å². The van der Waals surface area contributed by atoms with Gasteiger partial charge in [0.1, 0.15) is 0 Å². The van der Waals surface area contributed by atoms with Crippen LogP contribution in [0.1, 0.15) is 20.8 Å². The Morgan fingerprint density at radius 1 is 1.05 bits per heavy atom. The van der Waals surface area contributed by atoms with Crippen LogP contribution in [0.15, 0.2) is 35.2 Å². The smallest absolute Gasteiger partial charge is 0.182 e. The van der Waals surface area contributed by atoms with E-state index < -0.39 is 15.1 Å². The number of hydrogen-bond donors (Lipinski definition) is 0. The first-order valence-electron chi connectivity index (χ1n) is 7.55. The molecule has 1 aromatic carbocycles. The molecule has 0 N–H and O–H groups in total. The molecule has 1 saturated heterocycles. The van der Waals surface area contributed by atoms with Crippen LogP contribution in [0.2, 0.25) is 0 Å². The van der Waals surface area contributed by atoms with Crippen LogP contribution in [0.25, 0.3) is 0 Å². The van der Waals surface area contributed by atoms with Gasteiger partial charge in [-0.15, -0.1) is 0 Å². The third kappa shape index (κ3) is 3.65. The van der Waals surface area contributed by atoms with E-state index in [0.29, 0.717) is 18.1 Å². The van der Waals surface area contributed by atoms with Crippen molar-refractivity contribution < 1.29 is 13.2 Å². The molecule has 0 radical (unpaired) electrons. The lowest BCUT2D eigenvalue weighted by Gasteiger charge is -2.39. The zero-order chi connectivity index (χ0) is 15.5. The molecule has 4 nitrogen and oxygen atoms in total. The maximum atomic E-state index is 12.9. The molecule has 1 aromatic rings. The molecule has 0 spiro atoms. The second-order valence-electron chi connectivity index (χ2n) is 5.95. The van der Waals surface area contributed by atoms with Crippen LogP contribution in [-0.4, -0.2) is 50.9 Å². The van der Waals surface area contributed by atoms with Crippen LogP contribution < -0.4 is 0 Å². The minimum Gasteiger partial charge on any atom is -0.379 e. The second kappa shape index (κ2) is 6.90. The Balaban J connectivity index is 2.27. The summed E-state index contributed by atoms with van der Waals surface area (Å²) in [5, 5.41) is -0.432. The van der Waals surface area contributed by atoms with Gasteiger partial charge < -0.3 is 4.74 Å². The van der Waals surface area contributed by atoms with E-state index in [9.17, 15) is 8.42 Å². The summed E-state index contributed by atoms with van der Waals surface area (Å²) in [6.45, 7) is 8.99. The Morgan fingerprint density at radius 3 is 2.14 bits per heavy atom. The maximum Gasteiger partial charge on any atom is 0.182 e. The molecule has 1 heterocycles. The van der Waals surface area contributed by atoms with Crippen LogP contribution in [0, 0.1) is 5.92 Å². The first-order valence-corrected chi connectivity index (χ1v) is 9.10. The maximum absolute atomic E-state index is 12.9. The summed E-state index contributed by atoms with van der Waals surface area (Å²) in [5.41, 5.74) is 0. The summed E-state index contributed by atoms with van der Waals surface area (Å²) in [7, 11) is -3.32. The molecule has 1 aliphatic rings. The lowest BCUT2D eigenvalue weighted by atomic mass is 9.99. The molecular formula is C16H25NO3S. The van der Waals surface area contributed by atoms with E-state index in [2.05, 4.69) is 18.7 Å². The van der Waals surface area contributed by atoms with E-state index in [4.69, 9.17) is 4.74 Å². The van der Waals surface area contributed by atoms with Crippen molar-refractivity contribution in [2.24, 2.45) is 5.92 Å². The number of rotatable bonds is 5. The Hall–Kier alpha value is -0.910. The lowest BCUT2D eigenvalue weighted by molar-refractivity contribution is 0.00625. The summed E-state index contributed by atoms with van der Waals surface area (Å²) in [6, 6.07) is 8.77. The van der Waals surface area contributed by atoms with Gasteiger partial charge in [0.25, 0.3) is 0 Å². The highest BCUT2D eigenvalue weighted by molar-refractivity contribution is 7.92. The molecule has 0 bridgehead atoms. The predicted octanol–water partition coefficient (Wildman–Crippen LogP) is 2.21. The number of benzene rings is 1. The van der Waals surface area contributed by atoms with Crippen LogP contribution in [-0.2, 0) is 14.6 Å². The Morgan fingerprint density at radius 2 is 1.62 bits per heavy atom. The van der Waals surface area contributed by atoms with Gasteiger partial charge in [-0.3, -0.25) is 4.90 Å². The number of sulfone groups is 1. The second-order valence-corrected chi connectivity index (χ2v) is 8.25. The summed E-state index contributed by atoms with van der Waals surface area (Å²) >= 11 is 0. The van der Waals surface area contributed by atoms with E-state index in [1.165, 1.54) is 0 Å². The molecular weight excluding hydrogens is 286 g/mol. The highest BCUT2D eigenvalue weighted by Gasteiger charge is 2.36. The van der Waals surface area contributed by atoms with Gasteiger partial charge in [0.15, 0.2) is 9.84 Å². The van der Waals surface area contributed by atoms with E-state index in [-0.39, 0.29) is 12.0 Å². The molecule has 2 atom stereocenters. The molecule has 0 aromatic heterocycles. The van der Waals surface area contributed by atoms with E-state index >= 15 is 0 Å². The number of nitrogens with zero attached hydrogens (tertiary/aromatic N) is 1. The molecule has 0 amide bonds. The van der Waals surface area contributed by atoms with Gasteiger partial charge >= 0.3 is 0 Å². The normalized spacial score (nSPS) is 20.4. The zero-order valence-electron chi connectivity index (χ0n) is 13.0. The lowest BCUT2D eigenvalue weighted by Crippen LogP contribution is -2.52. The molecule has 1 fully saturated rings. The SMILES string of the molecule is CC(C)C(C(C)S(=O)(=O)c1ccccc1)N1CCOCC1. The average Bonchev–Trinajstić information content (AvgIpc) is 2.49. The van der Waals surface area contributed by atoms with Crippen molar-refractivity contribution in [3.63, 3.8) is 0 Å². The standard InChI is InChI=1S/C16H25NO3S/c1-13(2)16(17-9-11-20-12-10-17)14(3)21(18,19)15-7-5-4-6-8-15/h4-8,13-14,16H,9-12H2,1-3H3. The molecule has 118 valence electrons. The minimum atomic E-state index is -3.32. The molecule has 5 heteroatoms. The highest BCUT2D eigenvalue weighted by atomic mass is 32.2. The molecule has 21 heavy (non-hydrogen) atoms. The van der Waals surface area contributed by atoms with Crippen molar-refractivity contribution in [3.8, 4) is 0 Å². The fraction of sp³-hybridized carbons (Fsp3) is 0.625. The highest BCUT2D eigenvalue weighted by Crippen LogP contribution is 2.25. The molecule has 1 aliphatic heterocycles. The van der Waals surface area contributed by atoms with Gasteiger partial charge in [0, 0.05) is 19.1 Å². The van der Waals surface area contributed by atoms with Crippen molar-refractivity contribution in [2.75, 3.05) is 26.3 Å². The summed E-state index contributed by atoms with van der Waals surface area (Å²) < 4.78 is 31.1. The van der Waals surface area contributed by atoms with Gasteiger partial charge in [-0.05, 0) is 25.0 Å². The van der Waals surface area contributed by atoms with Crippen LogP contribution in [0.4, 0.5) is 0 Å². The predicted molar refractivity (Wildman–Crippen MR) is 84.1 cm³/mol. The Bertz CT molecular complexity index is 536. The van der Waals surface area contributed by atoms with Crippen molar-refractivity contribution >= 4 is 9.84 Å². The summed E-state index contributed by atoms with van der Waals surface area (Å²) in [6.07, 6.45) is 0. The van der Waals surface area contributed by atoms with Crippen molar-refractivity contribution in [1.82, 2.24) is 4.90 Å². The molecule has 2 unspecified atom stereocenters. The molecule has 2 rings (SSSR count). The summed E-state index contributed by atoms with van der Waals surface area (Å²) in [5.74, 6) is 0.275. The summed E-state index contributed by atoms with van der Waals surface area (Å²) in [4.78, 5) is 2.68. The molecule has 0 saturated carbocycles. The van der Waals surface area contributed by atoms with Crippen molar-refractivity contribution in [2.45, 2.75) is 37.0 Å². The quantitative estimate of drug-likeness (QED) is 0.836. The van der Waals surface area contributed by atoms with Crippen molar-refractivity contribution in [3.05, 3.63) is 30.3 Å². The Labute approximate surface area is 128 Å². The van der Waals surface area contributed by atoms with E-state index in [0.717, 1.165) is 13.1 Å². The van der Waals surface area contributed by atoms with Crippen molar-refractivity contribution in [1.29, 1.82) is 0 Å². The monoisotopic (exact) mass is 311 g/mol. The third-order valence-corrected chi connectivity index (χ3v) is 6.38. The van der Waals surface area contributed by atoms with Gasteiger partial charge in [0.05, 0.1) is 23.4 Å². The van der Waals surface area contributed by atoms with E-state index in [1.54, 1.807) is 24.3 Å². The number of hydrogen-bond acceptors (Lipinski definition) is 4. The number of morpholine rings is 1. The van der Waals surface area contributed by atoms with Gasteiger partial charge in [0.2, 0.25) is 0 Å². The first kappa shape index (κ1) is 16.5. The largest absolute Gasteiger partial charge is 0.379 e. The van der Waals surface area contributed by atoms with Gasteiger partial charge in [-0.2, -0.15) is 0 Å². The third-order valence-electron chi connectivity index (χ3n) is 4.19. The molecule has 0 aliphatic carbocycles. The minimum absolute atomic E-state index is 0.0131. The van der Waals surface area contributed by atoms with Gasteiger partial charge in [-0.25, -0.2) is 8.42 Å².